The minimum absolute atomic E-state index is 0.0291. The second kappa shape index (κ2) is 8.32. The predicted octanol–water partition coefficient (Wildman–Crippen LogP) is 3.91. The van der Waals surface area contributed by atoms with Crippen LogP contribution in [0.25, 0.3) is 0 Å². The van der Waals surface area contributed by atoms with Crippen LogP contribution in [0.1, 0.15) is 34.3 Å². The molecule has 1 N–H and O–H groups in total. The van der Waals surface area contributed by atoms with Crippen LogP contribution in [-0.4, -0.2) is 30.4 Å². The van der Waals surface area contributed by atoms with E-state index in [1.165, 1.54) is 11.1 Å². The van der Waals surface area contributed by atoms with Crippen LogP contribution in [0.4, 0.5) is 0 Å². The van der Waals surface area contributed by atoms with Gasteiger partial charge in [0.1, 0.15) is 0 Å². The Morgan fingerprint density at radius 1 is 1.04 bits per heavy atom. The smallest absolute Gasteiger partial charge is 0.251 e. The molecule has 0 bridgehead atoms. The van der Waals surface area contributed by atoms with Crippen LogP contribution >= 0.6 is 11.6 Å². The topological polar surface area (TPSA) is 32.3 Å². The van der Waals surface area contributed by atoms with Crippen LogP contribution in [0.5, 0.6) is 0 Å². The highest BCUT2D eigenvalue weighted by Gasteiger charge is 2.14. The Labute approximate surface area is 148 Å². The van der Waals surface area contributed by atoms with Gasteiger partial charge in [-0.3, -0.25) is 9.69 Å². The average molecular weight is 343 g/mol. The summed E-state index contributed by atoms with van der Waals surface area (Å²) in [5.74, 6) is -0.0291. The van der Waals surface area contributed by atoms with Crippen molar-refractivity contribution in [1.29, 1.82) is 0 Å². The van der Waals surface area contributed by atoms with E-state index in [0.717, 1.165) is 38.9 Å². The molecular weight excluding hydrogens is 320 g/mol. The van der Waals surface area contributed by atoms with E-state index in [2.05, 4.69) is 34.5 Å². The third kappa shape index (κ3) is 4.59. The SMILES string of the molecule is O=C(NCCCCN1CCc2ccccc2C1)c1ccc(Cl)cc1. The number of benzene rings is 2. The first-order chi connectivity index (χ1) is 11.7. The Bertz CT molecular complexity index is 684. The van der Waals surface area contributed by atoms with Gasteiger partial charge >= 0.3 is 0 Å². The number of carbonyl (C=O) groups is 1. The van der Waals surface area contributed by atoms with Crippen molar-refractivity contribution in [2.24, 2.45) is 0 Å². The molecule has 3 nitrogen and oxygen atoms in total. The molecule has 3 rings (SSSR count). The summed E-state index contributed by atoms with van der Waals surface area (Å²) in [4.78, 5) is 14.5. The molecule has 24 heavy (non-hydrogen) atoms. The summed E-state index contributed by atoms with van der Waals surface area (Å²) >= 11 is 5.83. The van der Waals surface area contributed by atoms with E-state index in [9.17, 15) is 4.79 Å². The number of hydrogen-bond acceptors (Lipinski definition) is 2. The molecule has 2 aromatic carbocycles. The molecule has 0 unspecified atom stereocenters. The quantitative estimate of drug-likeness (QED) is 0.807. The summed E-state index contributed by atoms with van der Waals surface area (Å²) in [7, 11) is 0. The van der Waals surface area contributed by atoms with E-state index in [0.29, 0.717) is 17.1 Å². The summed E-state index contributed by atoms with van der Waals surface area (Å²) in [6.07, 6.45) is 3.24. The molecule has 1 heterocycles. The summed E-state index contributed by atoms with van der Waals surface area (Å²) in [5, 5.41) is 3.62. The van der Waals surface area contributed by atoms with Gasteiger partial charge in [0, 0.05) is 30.2 Å². The highest BCUT2D eigenvalue weighted by atomic mass is 35.5. The number of hydrogen-bond donors (Lipinski definition) is 1. The van der Waals surface area contributed by atoms with Crippen molar-refractivity contribution in [3.05, 3.63) is 70.2 Å². The third-order valence-corrected chi connectivity index (χ3v) is 4.75. The van der Waals surface area contributed by atoms with Gasteiger partial charge in [-0.15, -0.1) is 0 Å². The molecule has 0 radical (unpaired) electrons. The fraction of sp³-hybridized carbons (Fsp3) is 0.350. The van der Waals surface area contributed by atoms with Gasteiger partial charge in [-0.1, -0.05) is 35.9 Å². The lowest BCUT2D eigenvalue weighted by Crippen LogP contribution is -2.32. The standard InChI is InChI=1S/C20H23ClN2O/c21-19-9-7-17(8-10-19)20(24)22-12-3-4-13-23-14-11-16-5-1-2-6-18(16)15-23/h1-2,5-10H,3-4,11-15H2,(H,22,24). The van der Waals surface area contributed by atoms with Crippen molar-refractivity contribution < 1.29 is 4.79 Å². The Morgan fingerprint density at radius 2 is 1.79 bits per heavy atom. The number of unbranched alkanes of at least 4 members (excludes halogenated alkanes) is 1. The average Bonchev–Trinajstić information content (AvgIpc) is 2.61. The lowest BCUT2D eigenvalue weighted by atomic mass is 10.00. The molecule has 1 aliphatic rings. The van der Waals surface area contributed by atoms with Gasteiger partial charge < -0.3 is 5.32 Å². The monoisotopic (exact) mass is 342 g/mol. The zero-order valence-corrected chi connectivity index (χ0v) is 14.6. The van der Waals surface area contributed by atoms with Crippen LogP contribution in [0.15, 0.2) is 48.5 Å². The van der Waals surface area contributed by atoms with E-state index in [1.54, 1.807) is 24.3 Å². The van der Waals surface area contributed by atoms with E-state index >= 15 is 0 Å². The molecular formula is C20H23ClN2O. The highest BCUT2D eigenvalue weighted by molar-refractivity contribution is 6.30. The fourth-order valence-corrected chi connectivity index (χ4v) is 3.24. The minimum Gasteiger partial charge on any atom is -0.352 e. The van der Waals surface area contributed by atoms with E-state index in [1.807, 2.05) is 0 Å². The number of rotatable bonds is 6. The summed E-state index contributed by atoms with van der Waals surface area (Å²) < 4.78 is 0. The predicted molar refractivity (Wildman–Crippen MR) is 98.4 cm³/mol. The Morgan fingerprint density at radius 3 is 2.58 bits per heavy atom. The number of nitrogens with one attached hydrogen (secondary N) is 1. The number of fused-ring (bicyclic) bond motifs is 1. The first kappa shape index (κ1) is 17.0. The lowest BCUT2D eigenvalue weighted by Gasteiger charge is -2.28. The van der Waals surface area contributed by atoms with Gasteiger partial charge in [0.15, 0.2) is 0 Å². The second-order valence-electron chi connectivity index (χ2n) is 6.26. The maximum absolute atomic E-state index is 12.0. The summed E-state index contributed by atoms with van der Waals surface area (Å²) in [6, 6.07) is 15.7. The van der Waals surface area contributed by atoms with Gasteiger partial charge in [0.2, 0.25) is 0 Å². The normalized spacial score (nSPS) is 14.2. The maximum atomic E-state index is 12.0. The maximum Gasteiger partial charge on any atom is 0.251 e. The summed E-state index contributed by atoms with van der Waals surface area (Å²) in [5.41, 5.74) is 3.61. The van der Waals surface area contributed by atoms with Crippen LogP contribution in [-0.2, 0) is 13.0 Å². The Hall–Kier alpha value is -1.84. The van der Waals surface area contributed by atoms with E-state index < -0.39 is 0 Å². The fourth-order valence-electron chi connectivity index (χ4n) is 3.11. The third-order valence-electron chi connectivity index (χ3n) is 4.50. The second-order valence-corrected chi connectivity index (χ2v) is 6.70. The molecule has 1 aliphatic heterocycles. The van der Waals surface area contributed by atoms with Gasteiger partial charge in [0.25, 0.3) is 5.91 Å². The molecule has 0 fully saturated rings. The molecule has 1 amide bonds. The molecule has 126 valence electrons. The Kier molecular flexibility index (Phi) is 5.89. The molecule has 4 heteroatoms. The molecule has 0 aromatic heterocycles. The van der Waals surface area contributed by atoms with E-state index in [4.69, 9.17) is 11.6 Å². The first-order valence-electron chi connectivity index (χ1n) is 8.55. The lowest BCUT2D eigenvalue weighted by molar-refractivity contribution is 0.0952. The van der Waals surface area contributed by atoms with Crippen LogP contribution < -0.4 is 5.32 Å². The Balaban J connectivity index is 1.34. The van der Waals surface area contributed by atoms with Gasteiger partial charge in [-0.05, 0) is 61.2 Å². The number of halogens is 1. The molecule has 0 aliphatic carbocycles. The largest absolute Gasteiger partial charge is 0.352 e. The zero-order valence-electron chi connectivity index (χ0n) is 13.8. The van der Waals surface area contributed by atoms with Crippen molar-refractivity contribution in [2.75, 3.05) is 19.6 Å². The summed E-state index contributed by atoms with van der Waals surface area (Å²) in [6.45, 7) is 3.98. The van der Waals surface area contributed by atoms with Crippen LogP contribution in [0.2, 0.25) is 5.02 Å². The molecule has 0 saturated carbocycles. The zero-order chi connectivity index (χ0) is 16.8. The van der Waals surface area contributed by atoms with Gasteiger partial charge in [0.05, 0.1) is 0 Å². The van der Waals surface area contributed by atoms with Crippen molar-refractivity contribution in [2.45, 2.75) is 25.8 Å². The van der Waals surface area contributed by atoms with Crippen LogP contribution in [0, 0.1) is 0 Å². The van der Waals surface area contributed by atoms with Crippen molar-refractivity contribution in [1.82, 2.24) is 10.2 Å². The number of nitrogens with zero attached hydrogens (tertiary/aromatic N) is 1. The van der Waals surface area contributed by atoms with Gasteiger partial charge in [-0.2, -0.15) is 0 Å². The first-order valence-corrected chi connectivity index (χ1v) is 8.93. The van der Waals surface area contributed by atoms with Crippen molar-refractivity contribution in [3.63, 3.8) is 0 Å². The number of carbonyl (C=O) groups excluding carboxylic acids is 1. The highest BCUT2D eigenvalue weighted by Crippen LogP contribution is 2.18. The van der Waals surface area contributed by atoms with Gasteiger partial charge in [-0.25, -0.2) is 0 Å². The van der Waals surface area contributed by atoms with E-state index in [-0.39, 0.29) is 5.91 Å². The molecule has 0 spiro atoms. The van der Waals surface area contributed by atoms with Crippen molar-refractivity contribution >= 4 is 17.5 Å². The number of amides is 1. The van der Waals surface area contributed by atoms with Crippen molar-refractivity contribution in [3.8, 4) is 0 Å². The molecule has 0 saturated heterocycles. The molecule has 2 aromatic rings. The van der Waals surface area contributed by atoms with Crippen LogP contribution in [0.3, 0.4) is 0 Å². The minimum atomic E-state index is -0.0291. The molecule has 0 atom stereocenters.